The first-order valence-corrected chi connectivity index (χ1v) is 7.18. The molecule has 0 fully saturated rings. The van der Waals surface area contributed by atoms with E-state index in [9.17, 15) is 4.79 Å². The molecule has 114 valence electrons. The number of halogens is 1. The van der Waals surface area contributed by atoms with E-state index in [1.54, 1.807) is 30.3 Å². The van der Waals surface area contributed by atoms with E-state index < -0.39 is 0 Å². The van der Waals surface area contributed by atoms with Crippen LogP contribution in [0.15, 0.2) is 61.2 Å². The van der Waals surface area contributed by atoms with Gasteiger partial charge in [-0.2, -0.15) is 0 Å². The van der Waals surface area contributed by atoms with Gasteiger partial charge >= 0.3 is 0 Å². The minimum absolute atomic E-state index is 0.144. The van der Waals surface area contributed by atoms with Gasteiger partial charge in [-0.1, -0.05) is 30.3 Å². The summed E-state index contributed by atoms with van der Waals surface area (Å²) in [5.74, 6) is 0.614. The molecule has 0 aromatic heterocycles. The SMILES string of the molecule is C=CCOc1ccc(NCC(=O)Nc2cccc(Cl)c2)cc1. The first-order valence-electron chi connectivity index (χ1n) is 6.80. The molecule has 22 heavy (non-hydrogen) atoms. The van der Waals surface area contributed by atoms with Crippen LogP contribution in [0.3, 0.4) is 0 Å². The van der Waals surface area contributed by atoms with Gasteiger partial charge < -0.3 is 15.4 Å². The standard InChI is InChI=1S/C17H17ClN2O2/c1-2-10-22-16-8-6-14(7-9-16)19-12-17(21)20-15-5-3-4-13(18)11-15/h2-9,11,19H,1,10,12H2,(H,20,21). The Balaban J connectivity index is 1.82. The average molecular weight is 317 g/mol. The van der Waals surface area contributed by atoms with Gasteiger partial charge in [0.1, 0.15) is 12.4 Å². The van der Waals surface area contributed by atoms with E-state index in [0.29, 0.717) is 17.3 Å². The summed E-state index contributed by atoms with van der Waals surface area (Å²) in [7, 11) is 0. The van der Waals surface area contributed by atoms with Crippen LogP contribution in [-0.4, -0.2) is 19.1 Å². The zero-order chi connectivity index (χ0) is 15.8. The molecule has 2 aromatic rings. The minimum atomic E-state index is -0.144. The molecule has 0 aliphatic heterocycles. The summed E-state index contributed by atoms with van der Waals surface area (Å²) in [6.07, 6.45) is 1.69. The summed E-state index contributed by atoms with van der Waals surface area (Å²) in [5, 5.41) is 6.40. The first-order chi connectivity index (χ1) is 10.7. The van der Waals surface area contributed by atoms with E-state index in [-0.39, 0.29) is 12.5 Å². The molecule has 4 nitrogen and oxygen atoms in total. The highest BCUT2D eigenvalue weighted by molar-refractivity contribution is 6.30. The molecule has 2 rings (SSSR count). The highest BCUT2D eigenvalue weighted by atomic mass is 35.5. The van der Waals surface area contributed by atoms with Gasteiger partial charge in [0.15, 0.2) is 0 Å². The van der Waals surface area contributed by atoms with Crippen molar-refractivity contribution in [2.75, 3.05) is 23.8 Å². The lowest BCUT2D eigenvalue weighted by Crippen LogP contribution is -2.21. The number of carbonyl (C=O) groups excluding carboxylic acids is 1. The Morgan fingerprint density at radius 3 is 2.64 bits per heavy atom. The lowest BCUT2D eigenvalue weighted by Gasteiger charge is -2.09. The Labute approximate surface area is 134 Å². The van der Waals surface area contributed by atoms with E-state index in [1.807, 2.05) is 24.3 Å². The normalized spacial score (nSPS) is 9.86. The fourth-order valence-corrected chi connectivity index (χ4v) is 1.97. The van der Waals surface area contributed by atoms with Crippen molar-refractivity contribution >= 4 is 28.9 Å². The average Bonchev–Trinajstić information content (AvgIpc) is 2.52. The molecule has 0 saturated heterocycles. The first kappa shape index (κ1) is 15.9. The Morgan fingerprint density at radius 2 is 1.95 bits per heavy atom. The van der Waals surface area contributed by atoms with Gasteiger partial charge in [0.2, 0.25) is 5.91 Å². The lowest BCUT2D eigenvalue weighted by molar-refractivity contribution is -0.114. The van der Waals surface area contributed by atoms with Crippen molar-refractivity contribution in [2.24, 2.45) is 0 Å². The van der Waals surface area contributed by atoms with E-state index >= 15 is 0 Å². The molecule has 0 heterocycles. The van der Waals surface area contributed by atoms with Crippen LogP contribution >= 0.6 is 11.6 Å². The van der Waals surface area contributed by atoms with E-state index in [2.05, 4.69) is 17.2 Å². The summed E-state index contributed by atoms with van der Waals surface area (Å²) in [5.41, 5.74) is 1.51. The molecule has 1 amide bonds. The van der Waals surface area contributed by atoms with Gasteiger partial charge in [-0.25, -0.2) is 0 Å². The van der Waals surface area contributed by atoms with Crippen molar-refractivity contribution in [1.29, 1.82) is 0 Å². The molecular weight excluding hydrogens is 300 g/mol. The summed E-state index contributed by atoms with van der Waals surface area (Å²) in [6.45, 7) is 4.22. The smallest absolute Gasteiger partial charge is 0.243 e. The number of benzene rings is 2. The number of hydrogen-bond donors (Lipinski definition) is 2. The van der Waals surface area contributed by atoms with Crippen molar-refractivity contribution < 1.29 is 9.53 Å². The van der Waals surface area contributed by atoms with Gasteiger partial charge in [0.05, 0.1) is 6.54 Å². The van der Waals surface area contributed by atoms with E-state index in [1.165, 1.54) is 0 Å². The third-order valence-corrected chi connectivity index (χ3v) is 3.02. The maximum absolute atomic E-state index is 11.9. The Bertz CT molecular complexity index is 641. The topological polar surface area (TPSA) is 50.4 Å². The summed E-state index contributed by atoms with van der Waals surface area (Å²) in [6, 6.07) is 14.4. The number of amides is 1. The van der Waals surface area contributed by atoms with E-state index in [0.717, 1.165) is 11.4 Å². The molecule has 0 unspecified atom stereocenters. The Hall–Kier alpha value is -2.46. The monoisotopic (exact) mass is 316 g/mol. The second-order valence-corrected chi connectivity index (χ2v) is 4.97. The van der Waals surface area contributed by atoms with Gasteiger partial charge in [0.25, 0.3) is 0 Å². The zero-order valence-electron chi connectivity index (χ0n) is 12.0. The lowest BCUT2D eigenvalue weighted by atomic mass is 10.3. The summed E-state index contributed by atoms with van der Waals surface area (Å²) >= 11 is 5.87. The molecule has 0 radical (unpaired) electrons. The fourth-order valence-electron chi connectivity index (χ4n) is 1.78. The van der Waals surface area contributed by atoms with Crippen LogP contribution in [0.2, 0.25) is 5.02 Å². The predicted molar refractivity (Wildman–Crippen MR) is 90.7 cm³/mol. The summed E-state index contributed by atoms with van der Waals surface area (Å²) < 4.78 is 5.39. The molecule has 0 aliphatic rings. The van der Waals surface area contributed by atoms with Gasteiger partial charge in [-0.05, 0) is 42.5 Å². The number of rotatable bonds is 7. The van der Waals surface area contributed by atoms with Crippen LogP contribution in [0.25, 0.3) is 0 Å². The molecular formula is C17H17ClN2O2. The third-order valence-electron chi connectivity index (χ3n) is 2.78. The van der Waals surface area contributed by atoms with E-state index in [4.69, 9.17) is 16.3 Å². The highest BCUT2D eigenvalue weighted by Crippen LogP contribution is 2.16. The molecule has 2 aromatic carbocycles. The van der Waals surface area contributed by atoms with Gasteiger partial charge in [-0.3, -0.25) is 4.79 Å². The number of nitrogens with one attached hydrogen (secondary N) is 2. The van der Waals surface area contributed by atoms with Crippen molar-refractivity contribution in [3.05, 3.63) is 66.2 Å². The van der Waals surface area contributed by atoms with Crippen LogP contribution in [-0.2, 0) is 4.79 Å². The minimum Gasteiger partial charge on any atom is -0.490 e. The van der Waals surface area contributed by atoms with Crippen LogP contribution in [0.4, 0.5) is 11.4 Å². The number of anilines is 2. The third kappa shape index (κ3) is 5.14. The van der Waals surface area contributed by atoms with Crippen LogP contribution in [0, 0.1) is 0 Å². The summed E-state index contributed by atoms with van der Waals surface area (Å²) in [4.78, 5) is 11.9. The second kappa shape index (κ2) is 8.10. The fraction of sp³-hybridized carbons (Fsp3) is 0.118. The van der Waals surface area contributed by atoms with Crippen LogP contribution in [0.1, 0.15) is 0 Å². The quantitative estimate of drug-likeness (QED) is 0.760. The van der Waals surface area contributed by atoms with Crippen molar-refractivity contribution in [3.8, 4) is 5.75 Å². The zero-order valence-corrected chi connectivity index (χ0v) is 12.8. The largest absolute Gasteiger partial charge is 0.490 e. The number of ether oxygens (including phenoxy) is 1. The molecule has 0 atom stereocenters. The van der Waals surface area contributed by atoms with Gasteiger partial charge in [-0.15, -0.1) is 0 Å². The molecule has 0 aliphatic carbocycles. The van der Waals surface area contributed by atoms with Crippen LogP contribution in [0.5, 0.6) is 5.75 Å². The number of carbonyl (C=O) groups is 1. The van der Waals surface area contributed by atoms with Gasteiger partial charge in [0, 0.05) is 16.4 Å². The maximum atomic E-state index is 11.9. The Kier molecular flexibility index (Phi) is 5.86. The van der Waals surface area contributed by atoms with Crippen molar-refractivity contribution in [3.63, 3.8) is 0 Å². The molecule has 5 heteroatoms. The maximum Gasteiger partial charge on any atom is 0.243 e. The predicted octanol–water partition coefficient (Wildman–Crippen LogP) is 3.96. The molecule has 0 spiro atoms. The van der Waals surface area contributed by atoms with Crippen LogP contribution < -0.4 is 15.4 Å². The van der Waals surface area contributed by atoms with Crippen molar-refractivity contribution in [1.82, 2.24) is 0 Å². The molecule has 0 bridgehead atoms. The molecule has 2 N–H and O–H groups in total. The van der Waals surface area contributed by atoms with Crippen molar-refractivity contribution in [2.45, 2.75) is 0 Å². The number of hydrogen-bond acceptors (Lipinski definition) is 3. The highest BCUT2D eigenvalue weighted by Gasteiger charge is 2.03. The molecule has 0 saturated carbocycles. The second-order valence-electron chi connectivity index (χ2n) is 4.54. The Morgan fingerprint density at radius 1 is 1.18 bits per heavy atom.